The van der Waals surface area contributed by atoms with Crippen LogP contribution in [0.25, 0.3) is 0 Å². The first-order chi connectivity index (χ1) is 11.7. The van der Waals surface area contributed by atoms with Crippen molar-refractivity contribution in [2.24, 2.45) is 23.2 Å². The van der Waals surface area contributed by atoms with Gasteiger partial charge >= 0.3 is 5.97 Å². The SMILES string of the molecule is CCC[C@H](CCC(=O)OC)[C@H]1CCC2C(O[Si](C)(C)C)CCC[C@@]21C. The first-order valence-electron chi connectivity index (χ1n) is 10.5. The Kier molecular flexibility index (Phi) is 7.17. The summed E-state index contributed by atoms with van der Waals surface area (Å²) in [6.07, 6.45) is 11.0. The van der Waals surface area contributed by atoms with E-state index >= 15 is 0 Å². The summed E-state index contributed by atoms with van der Waals surface area (Å²) in [5.74, 6) is 2.07. The van der Waals surface area contributed by atoms with Crippen LogP contribution >= 0.6 is 0 Å². The van der Waals surface area contributed by atoms with Crippen molar-refractivity contribution in [1.29, 1.82) is 0 Å². The van der Waals surface area contributed by atoms with Crippen molar-refractivity contribution in [1.82, 2.24) is 0 Å². The highest BCUT2D eigenvalue weighted by Gasteiger charge is 2.53. The van der Waals surface area contributed by atoms with Crippen LogP contribution in [0, 0.1) is 23.2 Å². The van der Waals surface area contributed by atoms with Crippen molar-refractivity contribution >= 4 is 14.3 Å². The highest BCUT2D eigenvalue weighted by molar-refractivity contribution is 6.69. The van der Waals surface area contributed by atoms with Crippen LogP contribution in [0.2, 0.25) is 19.6 Å². The van der Waals surface area contributed by atoms with Gasteiger partial charge in [-0.3, -0.25) is 4.79 Å². The van der Waals surface area contributed by atoms with E-state index in [1.165, 1.54) is 52.1 Å². The average molecular weight is 369 g/mol. The quantitative estimate of drug-likeness (QED) is 0.401. The molecule has 0 saturated heterocycles. The molecule has 146 valence electrons. The maximum absolute atomic E-state index is 11.7. The summed E-state index contributed by atoms with van der Waals surface area (Å²) in [5.41, 5.74) is 0.401. The fourth-order valence-corrected chi connectivity index (χ4v) is 7.04. The number of carbonyl (C=O) groups is 1. The summed E-state index contributed by atoms with van der Waals surface area (Å²) in [4.78, 5) is 11.7. The Hall–Kier alpha value is -0.353. The van der Waals surface area contributed by atoms with Gasteiger partial charge in [-0.05, 0) is 74.9 Å². The van der Waals surface area contributed by atoms with Gasteiger partial charge in [-0.2, -0.15) is 0 Å². The van der Waals surface area contributed by atoms with Gasteiger partial charge in [0.05, 0.1) is 7.11 Å². The molecule has 4 heteroatoms. The topological polar surface area (TPSA) is 35.5 Å². The summed E-state index contributed by atoms with van der Waals surface area (Å²) in [6.45, 7) is 11.8. The number of methoxy groups -OCH3 is 1. The number of carbonyl (C=O) groups excluding carboxylic acids is 1. The molecular weight excluding hydrogens is 328 g/mol. The fourth-order valence-electron chi connectivity index (χ4n) is 5.85. The van der Waals surface area contributed by atoms with Crippen molar-refractivity contribution in [3.8, 4) is 0 Å². The molecule has 2 aliphatic carbocycles. The lowest BCUT2D eigenvalue weighted by Crippen LogP contribution is -2.46. The van der Waals surface area contributed by atoms with Gasteiger partial charge in [-0.1, -0.05) is 33.1 Å². The fraction of sp³-hybridized carbons (Fsp3) is 0.952. The van der Waals surface area contributed by atoms with Crippen LogP contribution in [-0.2, 0) is 14.0 Å². The monoisotopic (exact) mass is 368 g/mol. The van der Waals surface area contributed by atoms with Crippen LogP contribution in [0.5, 0.6) is 0 Å². The van der Waals surface area contributed by atoms with Gasteiger partial charge in [0.15, 0.2) is 8.32 Å². The molecule has 0 aliphatic heterocycles. The lowest BCUT2D eigenvalue weighted by molar-refractivity contribution is -0.141. The van der Waals surface area contributed by atoms with E-state index in [0.29, 0.717) is 23.9 Å². The summed E-state index contributed by atoms with van der Waals surface area (Å²) in [5, 5.41) is 0. The summed E-state index contributed by atoms with van der Waals surface area (Å²) < 4.78 is 11.5. The molecule has 2 aliphatic rings. The molecule has 0 amide bonds. The molecule has 2 rings (SSSR count). The molecule has 0 N–H and O–H groups in total. The predicted octanol–water partition coefficient (Wildman–Crippen LogP) is 5.79. The Balaban J connectivity index is 2.11. The molecule has 0 aromatic rings. The van der Waals surface area contributed by atoms with Crippen LogP contribution in [-0.4, -0.2) is 27.5 Å². The zero-order valence-electron chi connectivity index (χ0n) is 17.4. The molecule has 3 nitrogen and oxygen atoms in total. The van der Waals surface area contributed by atoms with E-state index in [-0.39, 0.29) is 5.97 Å². The van der Waals surface area contributed by atoms with Gasteiger partial charge < -0.3 is 9.16 Å². The normalized spacial score (nSPS) is 33.8. The first kappa shape index (κ1) is 21.0. The largest absolute Gasteiger partial charge is 0.469 e. The van der Waals surface area contributed by atoms with Gasteiger partial charge in [0.25, 0.3) is 0 Å². The van der Waals surface area contributed by atoms with Gasteiger partial charge in [0.2, 0.25) is 0 Å². The van der Waals surface area contributed by atoms with Crippen molar-refractivity contribution in [2.75, 3.05) is 7.11 Å². The highest BCUT2D eigenvalue weighted by Crippen LogP contribution is 2.59. The lowest BCUT2D eigenvalue weighted by atomic mass is 9.60. The number of ether oxygens (including phenoxy) is 1. The minimum Gasteiger partial charge on any atom is -0.469 e. The van der Waals surface area contributed by atoms with Crippen molar-refractivity contribution in [3.63, 3.8) is 0 Å². The second-order valence-corrected chi connectivity index (χ2v) is 14.1. The van der Waals surface area contributed by atoms with Crippen LogP contribution in [0.3, 0.4) is 0 Å². The molecule has 0 heterocycles. The van der Waals surface area contributed by atoms with Crippen molar-refractivity contribution in [3.05, 3.63) is 0 Å². The standard InChI is InChI=1S/C21H40O3Si/c1-7-9-16(11-14-20(22)23-3)17-12-13-18-19(24-25(4,5)6)10-8-15-21(17,18)2/h16-19H,7-15H2,1-6H3/t16-,17-,18?,19?,21-/m1/s1. The third-order valence-electron chi connectivity index (χ3n) is 6.82. The zero-order chi connectivity index (χ0) is 18.7. The molecule has 2 saturated carbocycles. The molecule has 0 aromatic carbocycles. The van der Waals surface area contributed by atoms with Crippen LogP contribution < -0.4 is 0 Å². The highest BCUT2D eigenvalue weighted by atomic mass is 28.4. The van der Waals surface area contributed by atoms with Gasteiger partial charge in [0, 0.05) is 12.5 Å². The van der Waals surface area contributed by atoms with E-state index in [4.69, 9.17) is 9.16 Å². The maximum atomic E-state index is 11.7. The van der Waals surface area contributed by atoms with E-state index in [1.807, 2.05) is 0 Å². The number of hydrogen-bond donors (Lipinski definition) is 0. The van der Waals surface area contributed by atoms with Crippen LogP contribution in [0.4, 0.5) is 0 Å². The maximum Gasteiger partial charge on any atom is 0.305 e. The van der Waals surface area contributed by atoms with Crippen molar-refractivity contribution in [2.45, 2.75) is 97.4 Å². The number of hydrogen-bond acceptors (Lipinski definition) is 3. The van der Waals surface area contributed by atoms with Gasteiger partial charge in [-0.15, -0.1) is 0 Å². The molecule has 0 bridgehead atoms. The van der Waals surface area contributed by atoms with Crippen LogP contribution in [0.1, 0.15) is 71.6 Å². The number of fused-ring (bicyclic) bond motifs is 1. The number of esters is 1. The van der Waals surface area contributed by atoms with E-state index in [2.05, 4.69) is 33.5 Å². The van der Waals surface area contributed by atoms with Gasteiger partial charge in [-0.25, -0.2) is 0 Å². The Morgan fingerprint density at radius 1 is 1.20 bits per heavy atom. The van der Waals surface area contributed by atoms with Crippen molar-refractivity contribution < 1.29 is 14.0 Å². The summed E-state index contributed by atoms with van der Waals surface area (Å²) in [7, 11) is 0.00545. The molecule has 5 atom stereocenters. The Labute approximate surface area is 156 Å². The molecular formula is C21H40O3Si. The van der Waals surface area contributed by atoms with E-state index in [0.717, 1.165) is 18.3 Å². The summed E-state index contributed by atoms with van der Waals surface area (Å²) in [6, 6.07) is 0. The minimum absolute atomic E-state index is 0.0515. The van der Waals surface area contributed by atoms with E-state index < -0.39 is 8.32 Å². The predicted molar refractivity (Wildman–Crippen MR) is 106 cm³/mol. The Morgan fingerprint density at radius 2 is 1.92 bits per heavy atom. The summed E-state index contributed by atoms with van der Waals surface area (Å²) >= 11 is 0. The molecule has 0 aromatic heterocycles. The molecule has 2 unspecified atom stereocenters. The van der Waals surface area contributed by atoms with Crippen LogP contribution in [0.15, 0.2) is 0 Å². The molecule has 2 fully saturated rings. The average Bonchev–Trinajstić information content (AvgIpc) is 2.87. The molecule has 0 radical (unpaired) electrons. The van der Waals surface area contributed by atoms with E-state index in [1.54, 1.807) is 0 Å². The lowest BCUT2D eigenvalue weighted by Gasteiger charge is -2.48. The smallest absolute Gasteiger partial charge is 0.305 e. The van der Waals surface area contributed by atoms with E-state index in [9.17, 15) is 4.79 Å². The van der Waals surface area contributed by atoms with Gasteiger partial charge in [0.1, 0.15) is 0 Å². The first-order valence-corrected chi connectivity index (χ1v) is 13.9. The number of rotatable bonds is 8. The minimum atomic E-state index is -1.50. The second-order valence-electron chi connectivity index (χ2n) is 9.62. The third kappa shape index (κ3) is 5.09. The Morgan fingerprint density at radius 3 is 2.52 bits per heavy atom. The Bertz CT molecular complexity index is 445. The molecule has 25 heavy (non-hydrogen) atoms. The third-order valence-corrected chi connectivity index (χ3v) is 7.83. The zero-order valence-corrected chi connectivity index (χ0v) is 18.4. The second kappa shape index (κ2) is 8.56. The molecule has 0 spiro atoms.